The monoisotopic (exact) mass is 541 g/mol. The van der Waals surface area contributed by atoms with Crippen molar-refractivity contribution < 1.29 is 19.1 Å². The number of hydrogen-bond acceptors (Lipinski definition) is 4. The summed E-state index contributed by atoms with van der Waals surface area (Å²) in [5.41, 5.74) is 3.14. The first-order chi connectivity index (χ1) is 19.1. The van der Waals surface area contributed by atoms with Gasteiger partial charge in [-0.05, 0) is 57.2 Å². The fourth-order valence-electron chi connectivity index (χ4n) is 5.23. The van der Waals surface area contributed by atoms with Crippen LogP contribution in [0.15, 0.2) is 84.9 Å². The molecular weight excluding hydrogens is 502 g/mol. The summed E-state index contributed by atoms with van der Waals surface area (Å²) < 4.78 is 5.57. The highest BCUT2D eigenvalue weighted by Gasteiger charge is 2.42. The lowest BCUT2D eigenvalue weighted by molar-refractivity contribution is -0.140. The predicted molar refractivity (Wildman–Crippen MR) is 156 cm³/mol. The minimum Gasteiger partial charge on any atom is -0.444 e. The maximum absolute atomic E-state index is 14.3. The van der Waals surface area contributed by atoms with E-state index < -0.39 is 29.7 Å². The topological polar surface area (TPSA) is 87.7 Å². The van der Waals surface area contributed by atoms with Crippen molar-refractivity contribution in [2.75, 3.05) is 6.54 Å². The molecule has 3 aromatic carbocycles. The quantitative estimate of drug-likeness (QED) is 0.404. The Bertz CT molecular complexity index is 1260. The Morgan fingerprint density at radius 3 is 2.12 bits per heavy atom. The van der Waals surface area contributed by atoms with Crippen molar-refractivity contribution >= 4 is 17.9 Å². The number of hydrogen-bond donors (Lipinski definition) is 2. The largest absolute Gasteiger partial charge is 0.444 e. The zero-order valence-corrected chi connectivity index (χ0v) is 23.7. The summed E-state index contributed by atoms with van der Waals surface area (Å²) in [6.07, 6.45) is 0.586. The molecule has 0 bridgehead atoms. The van der Waals surface area contributed by atoms with E-state index in [1.807, 2.05) is 91.9 Å². The van der Waals surface area contributed by atoms with E-state index in [2.05, 4.69) is 10.6 Å². The van der Waals surface area contributed by atoms with Crippen LogP contribution >= 0.6 is 0 Å². The number of carbonyl (C=O) groups is 3. The molecule has 1 aliphatic heterocycles. The number of rotatable bonds is 8. The van der Waals surface area contributed by atoms with E-state index in [0.717, 1.165) is 22.3 Å². The summed E-state index contributed by atoms with van der Waals surface area (Å²) in [4.78, 5) is 42.4. The summed E-state index contributed by atoms with van der Waals surface area (Å²) in [7, 11) is 0. The second-order valence-corrected chi connectivity index (χ2v) is 11.3. The van der Waals surface area contributed by atoms with Gasteiger partial charge in [-0.3, -0.25) is 9.59 Å². The Morgan fingerprint density at radius 1 is 0.925 bits per heavy atom. The van der Waals surface area contributed by atoms with Crippen molar-refractivity contribution in [3.05, 3.63) is 107 Å². The molecule has 0 aliphatic carbocycles. The van der Waals surface area contributed by atoms with Crippen LogP contribution < -0.4 is 10.6 Å². The molecule has 4 rings (SSSR count). The molecule has 2 atom stereocenters. The van der Waals surface area contributed by atoms with Gasteiger partial charge in [-0.15, -0.1) is 0 Å². The molecule has 0 radical (unpaired) electrons. The Kier molecular flexibility index (Phi) is 9.25. The molecule has 0 spiro atoms. The molecule has 210 valence electrons. The third-order valence-electron chi connectivity index (χ3n) is 6.98. The van der Waals surface area contributed by atoms with Crippen molar-refractivity contribution in [3.8, 4) is 0 Å². The van der Waals surface area contributed by atoms with Gasteiger partial charge >= 0.3 is 6.09 Å². The number of likely N-dealkylation sites (tertiary alicyclic amines) is 1. The molecule has 7 nitrogen and oxygen atoms in total. The van der Waals surface area contributed by atoms with Crippen LogP contribution in [0.2, 0.25) is 0 Å². The Morgan fingerprint density at radius 2 is 1.55 bits per heavy atom. The Hall–Kier alpha value is -4.13. The molecular formula is C33H39N3O4. The molecule has 1 saturated heterocycles. The summed E-state index contributed by atoms with van der Waals surface area (Å²) in [6, 6.07) is 25.7. The standard InChI is InChI=1S/C33H39N3O4/c1-23-13-11-14-24(21-23)22-34-30(37)27-19-12-20-36(27)31(38)29(35-32(39)40-33(2,3)4)28(25-15-7-5-8-16-25)26-17-9-6-10-18-26/h5-11,13-18,21,27-29H,12,19-20,22H2,1-4H3,(H,34,37)(H,35,39)/t27-,29+/m0/s1. The molecule has 1 aliphatic rings. The van der Waals surface area contributed by atoms with Crippen LogP contribution in [0.25, 0.3) is 0 Å². The molecule has 3 aromatic rings. The van der Waals surface area contributed by atoms with Crippen LogP contribution in [0.3, 0.4) is 0 Å². The first-order valence-corrected chi connectivity index (χ1v) is 13.9. The van der Waals surface area contributed by atoms with Crippen molar-refractivity contribution in [2.45, 2.75) is 70.7 Å². The number of ether oxygens (including phenoxy) is 1. The van der Waals surface area contributed by atoms with Crippen molar-refractivity contribution in [2.24, 2.45) is 0 Å². The predicted octanol–water partition coefficient (Wildman–Crippen LogP) is 5.33. The molecule has 0 saturated carbocycles. The number of alkyl carbamates (subject to hydrolysis) is 1. The van der Waals surface area contributed by atoms with Crippen LogP contribution in [-0.4, -0.2) is 47.0 Å². The van der Waals surface area contributed by atoms with E-state index in [0.29, 0.717) is 25.9 Å². The second kappa shape index (κ2) is 12.8. The van der Waals surface area contributed by atoms with Crippen molar-refractivity contribution in [3.63, 3.8) is 0 Å². The molecule has 7 heteroatoms. The Balaban J connectivity index is 1.64. The lowest BCUT2D eigenvalue weighted by Crippen LogP contribution is -2.56. The van der Waals surface area contributed by atoms with Crippen LogP contribution in [0.1, 0.15) is 61.8 Å². The SMILES string of the molecule is Cc1cccc(CNC(=O)[C@@H]2CCCN2C(=O)[C@H](NC(=O)OC(C)(C)C)C(c2ccccc2)c2ccccc2)c1. The average Bonchev–Trinajstić information content (AvgIpc) is 3.41. The fourth-order valence-corrected chi connectivity index (χ4v) is 5.23. The lowest BCUT2D eigenvalue weighted by Gasteiger charge is -2.34. The lowest BCUT2D eigenvalue weighted by atomic mass is 9.84. The average molecular weight is 542 g/mol. The van der Waals surface area contributed by atoms with E-state index in [9.17, 15) is 14.4 Å². The van der Waals surface area contributed by atoms with Crippen molar-refractivity contribution in [1.29, 1.82) is 0 Å². The minimum atomic E-state index is -0.982. The minimum absolute atomic E-state index is 0.195. The van der Waals surface area contributed by atoms with Gasteiger partial charge in [0.15, 0.2) is 0 Å². The van der Waals surface area contributed by atoms with Gasteiger partial charge in [0.05, 0.1) is 0 Å². The highest BCUT2D eigenvalue weighted by molar-refractivity contribution is 5.93. The molecule has 2 N–H and O–H groups in total. The van der Waals surface area contributed by atoms with Gasteiger partial charge in [0.2, 0.25) is 11.8 Å². The van der Waals surface area contributed by atoms with Crippen LogP contribution in [0.5, 0.6) is 0 Å². The van der Waals surface area contributed by atoms with Crippen molar-refractivity contribution in [1.82, 2.24) is 15.5 Å². The number of nitrogens with one attached hydrogen (secondary N) is 2. The van der Waals surface area contributed by atoms with Gasteiger partial charge in [0.1, 0.15) is 17.7 Å². The highest BCUT2D eigenvalue weighted by Crippen LogP contribution is 2.31. The van der Waals surface area contributed by atoms with Gasteiger partial charge in [0.25, 0.3) is 0 Å². The smallest absolute Gasteiger partial charge is 0.408 e. The summed E-state index contributed by atoms with van der Waals surface area (Å²) in [5, 5.41) is 5.90. The van der Waals surface area contributed by atoms with Crippen LogP contribution in [-0.2, 0) is 20.9 Å². The highest BCUT2D eigenvalue weighted by atomic mass is 16.6. The van der Waals surface area contributed by atoms with Gasteiger partial charge in [0, 0.05) is 19.0 Å². The summed E-state index contributed by atoms with van der Waals surface area (Å²) >= 11 is 0. The molecule has 40 heavy (non-hydrogen) atoms. The van der Waals surface area contributed by atoms with E-state index in [1.54, 1.807) is 25.7 Å². The van der Waals surface area contributed by atoms with E-state index in [-0.39, 0.29) is 11.8 Å². The molecule has 1 heterocycles. The van der Waals surface area contributed by atoms with Crippen LogP contribution in [0, 0.1) is 6.92 Å². The third kappa shape index (κ3) is 7.50. The van der Waals surface area contributed by atoms with E-state index in [1.165, 1.54) is 0 Å². The number of carbonyl (C=O) groups excluding carboxylic acids is 3. The molecule has 0 unspecified atom stereocenters. The van der Waals surface area contributed by atoms with E-state index in [4.69, 9.17) is 4.74 Å². The summed E-state index contributed by atoms with van der Waals surface area (Å²) in [6.45, 7) is 8.18. The van der Waals surface area contributed by atoms with Crippen LogP contribution in [0.4, 0.5) is 4.79 Å². The maximum Gasteiger partial charge on any atom is 0.408 e. The number of aryl methyl sites for hydroxylation is 1. The van der Waals surface area contributed by atoms with Gasteiger partial charge in [-0.25, -0.2) is 4.79 Å². The fraction of sp³-hybridized carbons (Fsp3) is 0.364. The first kappa shape index (κ1) is 28.9. The number of benzene rings is 3. The normalized spacial score (nSPS) is 15.9. The van der Waals surface area contributed by atoms with Gasteiger partial charge in [-0.1, -0.05) is 90.5 Å². The second-order valence-electron chi connectivity index (χ2n) is 11.3. The molecule has 0 aromatic heterocycles. The van der Waals surface area contributed by atoms with Gasteiger partial charge in [-0.2, -0.15) is 0 Å². The molecule has 1 fully saturated rings. The van der Waals surface area contributed by atoms with E-state index >= 15 is 0 Å². The van der Waals surface area contributed by atoms with Gasteiger partial charge < -0.3 is 20.3 Å². The number of amides is 3. The Labute approximate surface area is 236 Å². The first-order valence-electron chi connectivity index (χ1n) is 13.9. The third-order valence-corrected chi connectivity index (χ3v) is 6.98. The molecule has 3 amide bonds. The maximum atomic E-state index is 14.3. The zero-order chi connectivity index (χ0) is 28.7. The summed E-state index contributed by atoms with van der Waals surface area (Å²) in [5.74, 6) is -0.991. The number of nitrogens with zero attached hydrogens (tertiary/aromatic N) is 1. The zero-order valence-electron chi connectivity index (χ0n) is 23.7.